The maximum absolute atomic E-state index is 12.9. The first kappa shape index (κ1) is 19.1. The quantitative estimate of drug-likeness (QED) is 0.818. The highest BCUT2D eigenvalue weighted by Gasteiger charge is 2.34. The number of amides is 1. The van der Waals surface area contributed by atoms with Gasteiger partial charge >= 0.3 is 0 Å². The van der Waals surface area contributed by atoms with Crippen molar-refractivity contribution in [2.24, 2.45) is 11.1 Å². The van der Waals surface area contributed by atoms with Crippen LogP contribution in [0.2, 0.25) is 0 Å². The van der Waals surface area contributed by atoms with E-state index in [2.05, 4.69) is 30.0 Å². The summed E-state index contributed by atoms with van der Waals surface area (Å²) in [5.74, 6) is 0.724. The fourth-order valence-electron chi connectivity index (χ4n) is 3.61. The van der Waals surface area contributed by atoms with E-state index in [0.29, 0.717) is 32.4 Å². The summed E-state index contributed by atoms with van der Waals surface area (Å²) in [6, 6.07) is 7.28. The molecule has 7 nitrogen and oxygen atoms in total. The predicted octanol–water partition coefficient (Wildman–Crippen LogP) is 2.20. The summed E-state index contributed by atoms with van der Waals surface area (Å²) in [5, 5.41) is 13.2. The van der Waals surface area contributed by atoms with Crippen LogP contribution in [0, 0.1) is 16.7 Å². The summed E-state index contributed by atoms with van der Waals surface area (Å²) in [5.41, 5.74) is 8.12. The smallest absolute Gasteiger partial charge is 0.239 e. The van der Waals surface area contributed by atoms with Gasteiger partial charge in [-0.25, -0.2) is 9.67 Å². The van der Waals surface area contributed by atoms with Crippen molar-refractivity contribution in [1.82, 2.24) is 19.7 Å². The van der Waals surface area contributed by atoms with Gasteiger partial charge in [0, 0.05) is 31.3 Å². The summed E-state index contributed by atoms with van der Waals surface area (Å²) in [6.07, 6.45) is 5.97. The molecule has 0 saturated carbocycles. The molecule has 0 radical (unpaired) electrons. The zero-order valence-corrected chi connectivity index (χ0v) is 15.9. The second kappa shape index (κ2) is 7.89. The molecule has 0 fully saturated rings. The van der Waals surface area contributed by atoms with Gasteiger partial charge in [0.2, 0.25) is 5.91 Å². The van der Waals surface area contributed by atoms with Crippen LogP contribution in [-0.4, -0.2) is 38.2 Å². The molecule has 142 valence electrons. The van der Waals surface area contributed by atoms with Crippen LogP contribution in [0.1, 0.15) is 44.4 Å². The number of hydrogen-bond acceptors (Lipinski definition) is 5. The molecule has 0 aliphatic carbocycles. The first-order chi connectivity index (χ1) is 12.9. The number of hydrogen-bond donors (Lipinski definition) is 1. The zero-order valence-electron chi connectivity index (χ0n) is 15.9. The SMILES string of the molecule is CC1(C)Cc2c(cnn2-c2ccccn2)CN(C(=O)C(N)CCCC#N)C1. The van der Waals surface area contributed by atoms with Crippen molar-refractivity contribution in [2.45, 2.75) is 52.1 Å². The Balaban J connectivity index is 1.85. The third kappa shape index (κ3) is 4.34. The Labute approximate surface area is 159 Å². The molecule has 0 spiro atoms. The standard InChI is InChI=1S/C20H26N6O/c1-20(2)11-17-15(12-24-26(17)18-8-4-6-10-23-18)13-25(14-20)19(27)16(22)7-3-5-9-21/h4,6,8,10,12,16H,3,5,7,11,13-14,22H2,1-2H3. The average molecular weight is 366 g/mol. The number of nitrogens with two attached hydrogens (primary N) is 1. The van der Waals surface area contributed by atoms with E-state index in [1.54, 1.807) is 6.20 Å². The number of aromatic nitrogens is 3. The molecular formula is C20H26N6O. The van der Waals surface area contributed by atoms with Gasteiger partial charge in [-0.2, -0.15) is 10.4 Å². The van der Waals surface area contributed by atoms with E-state index in [1.165, 1.54) is 0 Å². The van der Waals surface area contributed by atoms with E-state index in [0.717, 1.165) is 23.5 Å². The molecular weight excluding hydrogens is 340 g/mol. The normalized spacial score (nSPS) is 16.9. The number of carbonyl (C=O) groups excluding carboxylic acids is 1. The van der Waals surface area contributed by atoms with E-state index >= 15 is 0 Å². The minimum atomic E-state index is -0.568. The Bertz CT molecular complexity index is 836. The number of unbranched alkanes of at least 4 members (excludes halogenated alkanes) is 1. The van der Waals surface area contributed by atoms with Crippen molar-refractivity contribution in [3.63, 3.8) is 0 Å². The monoisotopic (exact) mass is 366 g/mol. The third-order valence-electron chi connectivity index (χ3n) is 4.88. The lowest BCUT2D eigenvalue weighted by molar-refractivity contribution is -0.134. The van der Waals surface area contributed by atoms with Crippen LogP contribution in [-0.2, 0) is 17.8 Å². The van der Waals surface area contributed by atoms with Gasteiger partial charge in [-0.05, 0) is 36.8 Å². The summed E-state index contributed by atoms with van der Waals surface area (Å²) in [7, 11) is 0. The Morgan fingerprint density at radius 2 is 2.26 bits per heavy atom. The van der Waals surface area contributed by atoms with E-state index in [4.69, 9.17) is 11.0 Å². The molecule has 0 aromatic carbocycles. The lowest BCUT2D eigenvalue weighted by atomic mass is 9.87. The number of nitrogens with zero attached hydrogens (tertiary/aromatic N) is 5. The van der Waals surface area contributed by atoms with Gasteiger partial charge in [0.15, 0.2) is 5.82 Å². The summed E-state index contributed by atoms with van der Waals surface area (Å²) < 4.78 is 1.87. The van der Waals surface area contributed by atoms with Gasteiger partial charge < -0.3 is 10.6 Å². The number of nitriles is 1. The van der Waals surface area contributed by atoms with E-state index < -0.39 is 6.04 Å². The van der Waals surface area contributed by atoms with Gasteiger partial charge in [0.05, 0.1) is 24.0 Å². The number of pyridine rings is 1. The first-order valence-electron chi connectivity index (χ1n) is 9.30. The molecule has 3 heterocycles. The minimum Gasteiger partial charge on any atom is -0.336 e. The molecule has 1 aliphatic heterocycles. The molecule has 27 heavy (non-hydrogen) atoms. The molecule has 2 aromatic rings. The molecule has 3 rings (SSSR count). The Morgan fingerprint density at radius 3 is 2.96 bits per heavy atom. The maximum atomic E-state index is 12.9. The molecule has 1 aliphatic rings. The molecule has 7 heteroatoms. The van der Waals surface area contributed by atoms with Gasteiger partial charge in [0.1, 0.15) is 0 Å². The van der Waals surface area contributed by atoms with Crippen LogP contribution in [0.25, 0.3) is 5.82 Å². The van der Waals surface area contributed by atoms with Crippen LogP contribution in [0.15, 0.2) is 30.6 Å². The highest BCUT2D eigenvalue weighted by atomic mass is 16.2. The van der Waals surface area contributed by atoms with Crippen molar-refractivity contribution < 1.29 is 4.79 Å². The van der Waals surface area contributed by atoms with Crippen LogP contribution < -0.4 is 5.73 Å². The van der Waals surface area contributed by atoms with Crippen LogP contribution in [0.3, 0.4) is 0 Å². The van der Waals surface area contributed by atoms with Crippen LogP contribution in [0.4, 0.5) is 0 Å². The lowest BCUT2D eigenvalue weighted by Gasteiger charge is -2.31. The Morgan fingerprint density at radius 1 is 1.44 bits per heavy atom. The molecule has 1 atom stereocenters. The van der Waals surface area contributed by atoms with Gasteiger partial charge in [-0.1, -0.05) is 19.9 Å². The van der Waals surface area contributed by atoms with E-state index in [1.807, 2.05) is 34.0 Å². The van der Waals surface area contributed by atoms with Crippen molar-refractivity contribution >= 4 is 5.91 Å². The predicted molar refractivity (Wildman–Crippen MR) is 102 cm³/mol. The molecule has 2 aromatic heterocycles. The van der Waals surface area contributed by atoms with Crippen molar-refractivity contribution in [2.75, 3.05) is 6.54 Å². The van der Waals surface area contributed by atoms with E-state index in [9.17, 15) is 4.79 Å². The second-order valence-electron chi connectivity index (χ2n) is 7.91. The topological polar surface area (TPSA) is 101 Å². The largest absolute Gasteiger partial charge is 0.336 e. The van der Waals surface area contributed by atoms with Crippen molar-refractivity contribution in [3.05, 3.63) is 41.9 Å². The van der Waals surface area contributed by atoms with Crippen molar-refractivity contribution in [3.8, 4) is 11.9 Å². The summed E-state index contributed by atoms with van der Waals surface area (Å²) >= 11 is 0. The third-order valence-corrected chi connectivity index (χ3v) is 4.88. The lowest BCUT2D eigenvalue weighted by Crippen LogP contribution is -2.46. The molecule has 2 N–H and O–H groups in total. The highest BCUT2D eigenvalue weighted by Crippen LogP contribution is 2.31. The fourth-order valence-corrected chi connectivity index (χ4v) is 3.61. The summed E-state index contributed by atoms with van der Waals surface area (Å²) in [6.45, 7) is 5.43. The van der Waals surface area contributed by atoms with Crippen molar-refractivity contribution in [1.29, 1.82) is 5.26 Å². The highest BCUT2D eigenvalue weighted by molar-refractivity contribution is 5.81. The molecule has 0 bridgehead atoms. The molecule has 0 saturated heterocycles. The fraction of sp³-hybridized carbons (Fsp3) is 0.500. The van der Waals surface area contributed by atoms with Crippen LogP contribution in [0.5, 0.6) is 0 Å². The Kier molecular flexibility index (Phi) is 5.57. The second-order valence-corrected chi connectivity index (χ2v) is 7.91. The van der Waals surface area contributed by atoms with Crippen LogP contribution >= 0.6 is 0 Å². The first-order valence-corrected chi connectivity index (χ1v) is 9.30. The van der Waals surface area contributed by atoms with Gasteiger partial charge in [-0.15, -0.1) is 0 Å². The van der Waals surface area contributed by atoms with Gasteiger partial charge in [0.25, 0.3) is 0 Å². The molecule has 1 unspecified atom stereocenters. The number of rotatable bonds is 5. The average Bonchev–Trinajstić information content (AvgIpc) is 2.96. The number of fused-ring (bicyclic) bond motifs is 1. The van der Waals surface area contributed by atoms with E-state index in [-0.39, 0.29) is 11.3 Å². The summed E-state index contributed by atoms with van der Waals surface area (Å²) in [4.78, 5) is 19.1. The number of carbonyl (C=O) groups is 1. The Hall–Kier alpha value is -2.72. The maximum Gasteiger partial charge on any atom is 0.239 e. The minimum absolute atomic E-state index is 0.0561. The van der Waals surface area contributed by atoms with Gasteiger partial charge in [-0.3, -0.25) is 4.79 Å². The molecule has 1 amide bonds. The zero-order chi connectivity index (χ0) is 19.4.